The van der Waals surface area contributed by atoms with Crippen molar-refractivity contribution in [2.75, 3.05) is 40.5 Å². The van der Waals surface area contributed by atoms with Crippen molar-refractivity contribution in [3.8, 4) is 28.4 Å². The summed E-state index contributed by atoms with van der Waals surface area (Å²) in [4.78, 5) is 15.0. The molecule has 0 radical (unpaired) electrons. The molecular formula is C27H29F3N2O6. The molecule has 8 nitrogen and oxygen atoms in total. The van der Waals surface area contributed by atoms with Crippen LogP contribution in [-0.4, -0.2) is 76.2 Å². The minimum Gasteiger partial charge on any atom is -0.496 e. The molecule has 0 bridgehead atoms. The summed E-state index contributed by atoms with van der Waals surface area (Å²) in [6.07, 6.45) is 1.79. The molecule has 0 unspecified atom stereocenters. The van der Waals surface area contributed by atoms with Crippen LogP contribution in [0.3, 0.4) is 0 Å². The van der Waals surface area contributed by atoms with Crippen molar-refractivity contribution >= 4 is 16.9 Å². The molecule has 38 heavy (non-hydrogen) atoms. The van der Waals surface area contributed by atoms with Gasteiger partial charge in [0.15, 0.2) is 0 Å². The first kappa shape index (κ1) is 26.2. The quantitative estimate of drug-likeness (QED) is 0.384. The second-order valence-corrected chi connectivity index (χ2v) is 9.36. The highest BCUT2D eigenvalue weighted by atomic mass is 19.3. The lowest BCUT2D eigenvalue weighted by Crippen LogP contribution is -2.28. The first-order valence-corrected chi connectivity index (χ1v) is 12.4. The average Bonchev–Trinajstić information content (AvgIpc) is 3.25. The van der Waals surface area contributed by atoms with Crippen LogP contribution in [0.5, 0.6) is 17.2 Å². The number of nitrogens with one attached hydrogen (secondary N) is 1. The Bertz CT molecular complexity index is 1300. The largest absolute Gasteiger partial charge is 0.496 e. The first-order chi connectivity index (χ1) is 18.4. The van der Waals surface area contributed by atoms with Crippen LogP contribution in [0.15, 0.2) is 41.0 Å². The Morgan fingerprint density at radius 1 is 1.21 bits per heavy atom. The number of likely N-dealkylation sites (tertiary alicyclic amines) is 1. The van der Waals surface area contributed by atoms with Crippen molar-refractivity contribution in [2.45, 2.75) is 37.8 Å². The lowest BCUT2D eigenvalue weighted by Gasteiger charge is -2.16. The number of halogens is 3. The van der Waals surface area contributed by atoms with Crippen LogP contribution in [0.2, 0.25) is 0 Å². The van der Waals surface area contributed by atoms with Gasteiger partial charge in [-0.3, -0.25) is 9.69 Å². The Morgan fingerprint density at radius 2 is 2.00 bits per heavy atom. The van der Waals surface area contributed by atoms with Crippen LogP contribution in [0.25, 0.3) is 22.1 Å². The standard InChI is InChI=1S/C27H29F3N2O6/c1-34-17-5-6-32(13-17)7-8-36-16-3-4-18-19(14-37-22(18)11-16)15-9-23(35-2)25(24(10-15)38-27(29)30)26(33)31-21-12-20(21)28/h3-4,9-11,14,17,20-21,27H,5-8,12-13H2,1-2H3,(H,31,33)/t17-,20+,21-/m1/s1. The summed E-state index contributed by atoms with van der Waals surface area (Å²) in [5.74, 6) is -0.480. The Hall–Kier alpha value is -3.44. The van der Waals surface area contributed by atoms with Crippen LogP contribution >= 0.6 is 0 Å². The molecule has 2 heterocycles. The third-order valence-corrected chi connectivity index (χ3v) is 6.85. The fourth-order valence-corrected chi connectivity index (χ4v) is 4.68. The lowest BCUT2D eigenvalue weighted by molar-refractivity contribution is -0.0502. The second-order valence-electron chi connectivity index (χ2n) is 9.36. The number of carbonyl (C=O) groups excluding carboxylic acids is 1. The molecule has 1 aliphatic heterocycles. The van der Waals surface area contributed by atoms with Gasteiger partial charge in [-0.15, -0.1) is 0 Å². The van der Waals surface area contributed by atoms with Gasteiger partial charge >= 0.3 is 6.61 Å². The Morgan fingerprint density at radius 3 is 2.68 bits per heavy atom. The van der Waals surface area contributed by atoms with Gasteiger partial charge in [0.2, 0.25) is 0 Å². The number of hydrogen-bond acceptors (Lipinski definition) is 7. The van der Waals surface area contributed by atoms with E-state index >= 15 is 0 Å². The highest BCUT2D eigenvalue weighted by Gasteiger charge is 2.40. The fourth-order valence-electron chi connectivity index (χ4n) is 4.68. The van der Waals surface area contributed by atoms with E-state index in [2.05, 4.69) is 15.0 Å². The van der Waals surface area contributed by atoms with Crippen LogP contribution in [-0.2, 0) is 4.74 Å². The normalized spacial score (nSPS) is 21.2. The first-order valence-electron chi connectivity index (χ1n) is 12.4. The van der Waals surface area contributed by atoms with E-state index in [9.17, 15) is 18.0 Å². The smallest absolute Gasteiger partial charge is 0.387 e. The summed E-state index contributed by atoms with van der Waals surface area (Å²) in [6, 6.07) is 7.58. The summed E-state index contributed by atoms with van der Waals surface area (Å²) >= 11 is 0. The number of methoxy groups -OCH3 is 2. The van der Waals surface area contributed by atoms with Crippen LogP contribution in [0, 0.1) is 0 Å². The van der Waals surface area contributed by atoms with Gasteiger partial charge in [0.05, 0.1) is 25.5 Å². The minimum absolute atomic E-state index is 0.0126. The van der Waals surface area contributed by atoms with E-state index in [1.807, 2.05) is 12.1 Å². The van der Waals surface area contributed by atoms with E-state index in [-0.39, 0.29) is 29.6 Å². The lowest BCUT2D eigenvalue weighted by atomic mass is 10.0. The van der Waals surface area contributed by atoms with Crippen LogP contribution in [0.4, 0.5) is 13.2 Å². The number of rotatable bonds is 11. The Labute approximate surface area is 217 Å². The molecule has 1 amide bonds. The third-order valence-electron chi connectivity index (χ3n) is 6.85. The number of ether oxygens (including phenoxy) is 4. The number of amides is 1. The molecule has 5 rings (SSSR count). The number of hydrogen-bond donors (Lipinski definition) is 1. The van der Waals surface area contributed by atoms with Crippen molar-refractivity contribution in [3.05, 3.63) is 42.2 Å². The predicted molar refractivity (Wildman–Crippen MR) is 133 cm³/mol. The maximum atomic E-state index is 13.3. The van der Waals surface area contributed by atoms with Gasteiger partial charge in [0, 0.05) is 50.2 Å². The number of furan rings is 1. The maximum absolute atomic E-state index is 13.3. The summed E-state index contributed by atoms with van der Waals surface area (Å²) in [7, 11) is 3.04. The van der Waals surface area contributed by atoms with Crippen LogP contribution < -0.4 is 19.5 Å². The number of carbonyl (C=O) groups is 1. The summed E-state index contributed by atoms with van der Waals surface area (Å²) < 4.78 is 66.9. The molecule has 3 aromatic rings. The summed E-state index contributed by atoms with van der Waals surface area (Å²) in [6.45, 7) is -0.0351. The van der Waals surface area contributed by atoms with E-state index in [1.54, 1.807) is 13.2 Å². The van der Waals surface area contributed by atoms with E-state index in [0.29, 0.717) is 34.5 Å². The van der Waals surface area contributed by atoms with E-state index in [4.69, 9.17) is 18.6 Å². The van der Waals surface area contributed by atoms with Gasteiger partial charge in [-0.1, -0.05) is 0 Å². The van der Waals surface area contributed by atoms with Gasteiger partial charge in [-0.25, -0.2) is 4.39 Å². The molecule has 3 atom stereocenters. The highest BCUT2D eigenvalue weighted by Crippen LogP contribution is 2.40. The van der Waals surface area contributed by atoms with E-state index in [0.717, 1.165) is 26.1 Å². The molecule has 204 valence electrons. The van der Waals surface area contributed by atoms with Crippen molar-refractivity contribution in [1.82, 2.24) is 10.2 Å². The maximum Gasteiger partial charge on any atom is 0.387 e. The molecule has 1 aromatic heterocycles. The number of fused-ring (bicyclic) bond motifs is 1. The van der Waals surface area contributed by atoms with E-state index < -0.39 is 24.7 Å². The predicted octanol–water partition coefficient (Wildman–Crippen LogP) is 4.65. The van der Waals surface area contributed by atoms with Gasteiger partial charge in [0.1, 0.15) is 41.2 Å². The van der Waals surface area contributed by atoms with Crippen molar-refractivity contribution in [3.63, 3.8) is 0 Å². The molecule has 2 fully saturated rings. The molecule has 1 saturated carbocycles. The fraction of sp³-hybridized carbons (Fsp3) is 0.444. The Balaban J connectivity index is 1.36. The number of nitrogens with zero attached hydrogens (tertiary/aromatic N) is 1. The minimum atomic E-state index is -3.18. The van der Waals surface area contributed by atoms with Gasteiger partial charge < -0.3 is 28.7 Å². The zero-order valence-corrected chi connectivity index (χ0v) is 21.0. The summed E-state index contributed by atoms with van der Waals surface area (Å²) in [5, 5.41) is 3.19. The molecule has 11 heteroatoms. The molecule has 2 aromatic carbocycles. The molecule has 1 aliphatic carbocycles. The van der Waals surface area contributed by atoms with Crippen LogP contribution in [0.1, 0.15) is 23.2 Å². The monoisotopic (exact) mass is 534 g/mol. The van der Waals surface area contributed by atoms with Crippen molar-refractivity contribution < 1.29 is 41.3 Å². The molecule has 2 aliphatic rings. The summed E-state index contributed by atoms with van der Waals surface area (Å²) in [5.41, 5.74) is 1.34. The number of benzene rings is 2. The highest BCUT2D eigenvalue weighted by molar-refractivity contribution is 6.02. The van der Waals surface area contributed by atoms with Gasteiger partial charge in [-0.2, -0.15) is 8.78 Å². The number of alkyl halides is 3. The molecular weight excluding hydrogens is 505 g/mol. The van der Waals surface area contributed by atoms with Crippen molar-refractivity contribution in [2.24, 2.45) is 0 Å². The second kappa shape index (κ2) is 11.1. The van der Waals surface area contributed by atoms with Crippen molar-refractivity contribution in [1.29, 1.82) is 0 Å². The van der Waals surface area contributed by atoms with Gasteiger partial charge in [0.25, 0.3) is 5.91 Å². The molecule has 1 saturated heterocycles. The zero-order chi connectivity index (χ0) is 26.8. The van der Waals surface area contributed by atoms with Gasteiger partial charge in [-0.05, 0) is 36.2 Å². The third kappa shape index (κ3) is 5.68. The van der Waals surface area contributed by atoms with E-state index in [1.165, 1.54) is 25.5 Å². The molecule has 0 spiro atoms. The molecule has 1 N–H and O–H groups in total. The SMILES string of the molecule is COc1cc(-c2coc3cc(OCCN4CC[C@@H](OC)C4)ccc23)cc(OC(F)F)c1C(=O)N[C@@H]1C[C@@H]1F. The average molecular weight is 535 g/mol. The topological polar surface area (TPSA) is 82.4 Å². The zero-order valence-electron chi connectivity index (χ0n) is 21.0. The Kier molecular flexibility index (Phi) is 7.66.